The Morgan fingerprint density at radius 3 is 2.87 bits per heavy atom. The minimum Gasteiger partial charge on any atom is -0.316 e. The third-order valence-corrected chi connectivity index (χ3v) is 4.28. The number of nitrogens with zero attached hydrogens (tertiary/aromatic N) is 1. The highest BCUT2D eigenvalue weighted by atomic mass is 15.2. The van der Waals surface area contributed by atoms with Crippen molar-refractivity contribution >= 4 is 0 Å². The average molecular weight is 210 g/mol. The third-order valence-electron chi connectivity index (χ3n) is 4.28. The number of hydrogen-bond acceptors (Lipinski definition) is 2. The second-order valence-electron chi connectivity index (χ2n) is 5.90. The summed E-state index contributed by atoms with van der Waals surface area (Å²) in [5.74, 6) is 0.968. The Bertz CT molecular complexity index is 195. The summed E-state index contributed by atoms with van der Waals surface area (Å²) in [7, 11) is 0. The molecule has 2 aliphatic heterocycles. The predicted molar refractivity (Wildman–Crippen MR) is 65.1 cm³/mol. The molecule has 0 saturated carbocycles. The van der Waals surface area contributed by atoms with Crippen LogP contribution in [0.15, 0.2) is 0 Å². The van der Waals surface area contributed by atoms with Crippen LogP contribution in [0, 0.1) is 5.92 Å². The van der Waals surface area contributed by atoms with Gasteiger partial charge < -0.3 is 5.32 Å². The first-order valence-electron chi connectivity index (χ1n) is 6.64. The molecule has 2 heteroatoms. The fourth-order valence-electron chi connectivity index (χ4n) is 3.11. The molecule has 2 heterocycles. The second-order valence-corrected chi connectivity index (χ2v) is 5.90. The molecular formula is C13H26N2. The molecule has 0 radical (unpaired) electrons. The van der Waals surface area contributed by atoms with Gasteiger partial charge in [0.25, 0.3) is 0 Å². The van der Waals surface area contributed by atoms with E-state index in [4.69, 9.17) is 0 Å². The normalized spacial score (nSPS) is 31.2. The number of rotatable bonds is 4. The fourth-order valence-corrected chi connectivity index (χ4v) is 3.11. The highest BCUT2D eigenvalue weighted by Crippen LogP contribution is 2.28. The third kappa shape index (κ3) is 2.94. The van der Waals surface area contributed by atoms with Crippen molar-refractivity contribution < 1.29 is 0 Å². The maximum absolute atomic E-state index is 3.45. The molecule has 0 aliphatic carbocycles. The van der Waals surface area contributed by atoms with E-state index in [0.29, 0.717) is 5.54 Å². The summed E-state index contributed by atoms with van der Waals surface area (Å²) < 4.78 is 0. The molecule has 2 aliphatic rings. The van der Waals surface area contributed by atoms with Crippen molar-refractivity contribution in [2.24, 2.45) is 5.92 Å². The van der Waals surface area contributed by atoms with Crippen LogP contribution >= 0.6 is 0 Å². The minimum absolute atomic E-state index is 0.480. The quantitative estimate of drug-likeness (QED) is 0.765. The van der Waals surface area contributed by atoms with Gasteiger partial charge in [-0.3, -0.25) is 4.90 Å². The lowest BCUT2D eigenvalue weighted by Crippen LogP contribution is -2.38. The summed E-state index contributed by atoms with van der Waals surface area (Å²) >= 11 is 0. The minimum atomic E-state index is 0.480. The zero-order chi connectivity index (χ0) is 10.7. The summed E-state index contributed by atoms with van der Waals surface area (Å²) in [6.07, 6.45) is 7.02. The SMILES string of the molecule is CC1(C)CCCN1CCCC1CCNC1. The van der Waals surface area contributed by atoms with Gasteiger partial charge in [0.05, 0.1) is 0 Å². The molecule has 2 fully saturated rings. The molecule has 0 aromatic carbocycles. The Balaban J connectivity index is 1.64. The van der Waals surface area contributed by atoms with Gasteiger partial charge in [-0.05, 0) is 78.0 Å². The van der Waals surface area contributed by atoms with Gasteiger partial charge in [0.1, 0.15) is 0 Å². The maximum atomic E-state index is 3.45. The lowest BCUT2D eigenvalue weighted by Gasteiger charge is -2.31. The van der Waals surface area contributed by atoms with E-state index in [0.717, 1.165) is 5.92 Å². The Kier molecular flexibility index (Phi) is 3.68. The van der Waals surface area contributed by atoms with E-state index in [1.54, 1.807) is 0 Å². The summed E-state index contributed by atoms with van der Waals surface area (Å²) in [5.41, 5.74) is 0.480. The van der Waals surface area contributed by atoms with Gasteiger partial charge in [-0.2, -0.15) is 0 Å². The molecule has 1 unspecified atom stereocenters. The van der Waals surface area contributed by atoms with E-state index >= 15 is 0 Å². The van der Waals surface area contributed by atoms with Crippen LogP contribution in [0.5, 0.6) is 0 Å². The van der Waals surface area contributed by atoms with Crippen molar-refractivity contribution in [1.82, 2.24) is 10.2 Å². The van der Waals surface area contributed by atoms with Crippen LogP contribution in [-0.2, 0) is 0 Å². The smallest absolute Gasteiger partial charge is 0.0153 e. The molecular weight excluding hydrogens is 184 g/mol. The van der Waals surface area contributed by atoms with Gasteiger partial charge in [-0.15, -0.1) is 0 Å². The van der Waals surface area contributed by atoms with Crippen molar-refractivity contribution in [2.75, 3.05) is 26.2 Å². The lowest BCUT2D eigenvalue weighted by atomic mass is 10.00. The molecule has 1 N–H and O–H groups in total. The highest BCUT2D eigenvalue weighted by Gasteiger charge is 2.31. The molecule has 0 aromatic heterocycles. The topological polar surface area (TPSA) is 15.3 Å². The van der Waals surface area contributed by atoms with E-state index in [1.807, 2.05) is 0 Å². The first-order chi connectivity index (χ1) is 7.18. The highest BCUT2D eigenvalue weighted by molar-refractivity contribution is 4.87. The number of hydrogen-bond donors (Lipinski definition) is 1. The molecule has 0 aromatic rings. The predicted octanol–water partition coefficient (Wildman–Crippen LogP) is 2.25. The van der Waals surface area contributed by atoms with Gasteiger partial charge in [-0.1, -0.05) is 0 Å². The van der Waals surface area contributed by atoms with Crippen LogP contribution in [0.1, 0.15) is 46.0 Å². The second kappa shape index (κ2) is 4.84. The van der Waals surface area contributed by atoms with Crippen molar-refractivity contribution in [3.63, 3.8) is 0 Å². The monoisotopic (exact) mass is 210 g/mol. The average Bonchev–Trinajstić information content (AvgIpc) is 2.77. The van der Waals surface area contributed by atoms with E-state index in [1.165, 1.54) is 58.3 Å². The van der Waals surface area contributed by atoms with Crippen LogP contribution in [0.3, 0.4) is 0 Å². The summed E-state index contributed by atoms with van der Waals surface area (Å²) in [4.78, 5) is 2.69. The van der Waals surface area contributed by atoms with E-state index in [9.17, 15) is 0 Å². The van der Waals surface area contributed by atoms with Gasteiger partial charge in [0, 0.05) is 5.54 Å². The lowest BCUT2D eigenvalue weighted by molar-refractivity contribution is 0.169. The Hall–Kier alpha value is -0.0800. The Morgan fingerprint density at radius 2 is 2.27 bits per heavy atom. The van der Waals surface area contributed by atoms with Crippen LogP contribution in [0.2, 0.25) is 0 Å². The standard InChI is InChI=1S/C13H26N2/c1-13(2)7-4-10-15(13)9-3-5-12-6-8-14-11-12/h12,14H,3-11H2,1-2H3. The molecule has 0 spiro atoms. The number of nitrogens with one attached hydrogen (secondary N) is 1. The van der Waals surface area contributed by atoms with Crippen LogP contribution in [0.25, 0.3) is 0 Å². The van der Waals surface area contributed by atoms with Crippen molar-refractivity contribution in [3.05, 3.63) is 0 Å². The van der Waals surface area contributed by atoms with Gasteiger partial charge in [0.2, 0.25) is 0 Å². The van der Waals surface area contributed by atoms with Gasteiger partial charge >= 0.3 is 0 Å². The molecule has 0 bridgehead atoms. The zero-order valence-electron chi connectivity index (χ0n) is 10.4. The maximum Gasteiger partial charge on any atom is 0.0153 e. The summed E-state index contributed by atoms with van der Waals surface area (Å²) in [6, 6.07) is 0. The van der Waals surface area contributed by atoms with Gasteiger partial charge in [-0.25, -0.2) is 0 Å². The van der Waals surface area contributed by atoms with Crippen LogP contribution in [-0.4, -0.2) is 36.6 Å². The van der Waals surface area contributed by atoms with Crippen LogP contribution < -0.4 is 5.32 Å². The van der Waals surface area contributed by atoms with Crippen LogP contribution in [0.4, 0.5) is 0 Å². The molecule has 88 valence electrons. The first kappa shape index (κ1) is 11.4. The first-order valence-corrected chi connectivity index (χ1v) is 6.64. The zero-order valence-corrected chi connectivity index (χ0v) is 10.4. The van der Waals surface area contributed by atoms with Crippen molar-refractivity contribution in [1.29, 1.82) is 0 Å². The van der Waals surface area contributed by atoms with E-state index in [-0.39, 0.29) is 0 Å². The summed E-state index contributed by atoms with van der Waals surface area (Å²) in [6.45, 7) is 9.97. The van der Waals surface area contributed by atoms with Crippen molar-refractivity contribution in [3.8, 4) is 0 Å². The summed E-state index contributed by atoms with van der Waals surface area (Å²) in [5, 5.41) is 3.45. The Morgan fingerprint density at radius 1 is 1.40 bits per heavy atom. The molecule has 0 amide bonds. The molecule has 2 saturated heterocycles. The largest absolute Gasteiger partial charge is 0.316 e. The molecule has 1 atom stereocenters. The molecule has 2 nitrogen and oxygen atoms in total. The van der Waals surface area contributed by atoms with E-state index < -0.39 is 0 Å². The van der Waals surface area contributed by atoms with Gasteiger partial charge in [0.15, 0.2) is 0 Å². The number of likely N-dealkylation sites (tertiary alicyclic amines) is 1. The van der Waals surface area contributed by atoms with E-state index in [2.05, 4.69) is 24.1 Å². The van der Waals surface area contributed by atoms with Crippen molar-refractivity contribution in [2.45, 2.75) is 51.5 Å². The molecule has 15 heavy (non-hydrogen) atoms. The fraction of sp³-hybridized carbons (Fsp3) is 1.00. The Labute approximate surface area is 94.4 Å². The molecule has 2 rings (SSSR count).